The summed E-state index contributed by atoms with van der Waals surface area (Å²) >= 11 is 0. The number of amides is 1. The second-order valence-electron chi connectivity index (χ2n) is 6.73. The highest BCUT2D eigenvalue weighted by atomic mass is 16.4. The van der Waals surface area contributed by atoms with Gasteiger partial charge < -0.3 is 26.7 Å². The molecule has 0 aliphatic rings. The summed E-state index contributed by atoms with van der Waals surface area (Å²) in [6.45, 7) is 1.81. The molecule has 0 atom stereocenters. The largest absolute Gasteiger partial charge is 0.481 e. The minimum absolute atomic E-state index is 0.00258. The number of rotatable bonds is 8. The van der Waals surface area contributed by atoms with Crippen LogP contribution in [0.5, 0.6) is 0 Å². The summed E-state index contributed by atoms with van der Waals surface area (Å²) in [5, 5.41) is 11.2. The van der Waals surface area contributed by atoms with Gasteiger partial charge in [0, 0.05) is 24.1 Å². The highest BCUT2D eigenvalue weighted by Crippen LogP contribution is 2.11. The Morgan fingerprint density at radius 2 is 1.81 bits per heavy atom. The van der Waals surface area contributed by atoms with E-state index in [4.69, 9.17) is 16.6 Å². The molecular weight excluding hydrogens is 418 g/mol. The fourth-order valence-corrected chi connectivity index (χ4v) is 2.49. The van der Waals surface area contributed by atoms with Crippen molar-refractivity contribution in [2.45, 2.75) is 32.7 Å². The number of carbonyl (C=O) groups excluding carboxylic acids is 2. The van der Waals surface area contributed by atoms with E-state index in [9.17, 15) is 19.2 Å². The average molecular weight is 441 g/mol. The van der Waals surface area contributed by atoms with E-state index < -0.39 is 17.4 Å². The van der Waals surface area contributed by atoms with Crippen LogP contribution in [0.2, 0.25) is 0 Å². The summed E-state index contributed by atoms with van der Waals surface area (Å²) in [5.41, 5.74) is 12.3. The van der Waals surface area contributed by atoms with E-state index in [1.54, 1.807) is 24.3 Å². The van der Waals surface area contributed by atoms with Gasteiger partial charge in [-0.15, -0.1) is 0 Å². The average Bonchev–Trinajstić information content (AvgIpc) is 2.72. The number of nitrogens with zero attached hydrogens (tertiary/aromatic N) is 3. The monoisotopic (exact) mass is 441 g/mol. The number of ketones is 1. The fourth-order valence-electron chi connectivity index (χ4n) is 2.49. The van der Waals surface area contributed by atoms with Gasteiger partial charge in [-0.2, -0.15) is 4.98 Å². The number of H-pyrrole nitrogens is 1. The van der Waals surface area contributed by atoms with Gasteiger partial charge in [0.05, 0.1) is 18.4 Å². The molecule has 2 aromatic heterocycles. The number of carbonyl (C=O) groups is 3. The van der Waals surface area contributed by atoms with E-state index in [1.807, 2.05) is 0 Å². The Balaban J connectivity index is 0.000000344. The van der Waals surface area contributed by atoms with E-state index in [0.29, 0.717) is 30.6 Å². The predicted molar refractivity (Wildman–Crippen MR) is 117 cm³/mol. The number of benzene rings is 1. The molecule has 0 aliphatic heterocycles. The lowest BCUT2D eigenvalue weighted by molar-refractivity contribution is -0.137. The Kier molecular flexibility index (Phi) is 8.34. The quantitative estimate of drug-likeness (QED) is 0.332. The number of aromatic amines is 1. The van der Waals surface area contributed by atoms with Crippen LogP contribution >= 0.6 is 0 Å². The number of aliphatic carboxylic acids is 1. The number of nitrogen functional groups attached to an aromatic ring is 1. The molecule has 0 aliphatic carbocycles. The van der Waals surface area contributed by atoms with Crippen LogP contribution < -0.4 is 22.3 Å². The Bertz CT molecular complexity index is 1160. The molecule has 12 nitrogen and oxygen atoms in total. The van der Waals surface area contributed by atoms with Gasteiger partial charge in [0.1, 0.15) is 5.78 Å². The first-order chi connectivity index (χ1) is 15.2. The molecule has 7 N–H and O–H groups in total. The number of Topliss-reactive ketones (excluding diaryl/α,β-unsaturated/α-hetero) is 1. The third-order valence-electron chi connectivity index (χ3n) is 4.05. The summed E-state index contributed by atoms with van der Waals surface area (Å²) in [7, 11) is 0. The third kappa shape index (κ3) is 7.48. The second-order valence-corrected chi connectivity index (χ2v) is 6.73. The van der Waals surface area contributed by atoms with Crippen LogP contribution in [-0.4, -0.2) is 42.7 Å². The van der Waals surface area contributed by atoms with Gasteiger partial charge in [-0.1, -0.05) is 0 Å². The second kappa shape index (κ2) is 11.2. The van der Waals surface area contributed by atoms with E-state index in [-0.39, 0.29) is 29.3 Å². The summed E-state index contributed by atoms with van der Waals surface area (Å²) in [6.07, 6.45) is 2.45. The SMILES string of the molecule is CC(=O)CCCC(=O)O.NC(=O)c1ccc(NCc2cnc3nc(N)[nH]c(=O)c3n2)cc1. The van der Waals surface area contributed by atoms with Crippen molar-refractivity contribution in [3.05, 3.63) is 52.1 Å². The molecule has 0 bridgehead atoms. The molecule has 0 saturated carbocycles. The molecule has 0 spiro atoms. The number of carboxylic acids is 1. The smallest absolute Gasteiger partial charge is 0.303 e. The van der Waals surface area contributed by atoms with Crippen molar-refractivity contribution < 1.29 is 19.5 Å². The van der Waals surface area contributed by atoms with Gasteiger partial charge in [0.25, 0.3) is 5.56 Å². The first-order valence-corrected chi connectivity index (χ1v) is 9.52. The van der Waals surface area contributed by atoms with Crippen molar-refractivity contribution in [1.82, 2.24) is 19.9 Å². The minimum atomic E-state index is -0.837. The Morgan fingerprint density at radius 1 is 1.12 bits per heavy atom. The number of nitrogens with one attached hydrogen (secondary N) is 2. The number of hydrogen-bond acceptors (Lipinski definition) is 9. The summed E-state index contributed by atoms with van der Waals surface area (Å²) in [6, 6.07) is 6.69. The first-order valence-electron chi connectivity index (χ1n) is 9.52. The van der Waals surface area contributed by atoms with Gasteiger partial charge in [0.2, 0.25) is 11.9 Å². The lowest BCUT2D eigenvalue weighted by Crippen LogP contribution is -2.15. The molecule has 168 valence electrons. The normalized spacial score (nSPS) is 10.2. The van der Waals surface area contributed by atoms with Crippen LogP contribution in [0.3, 0.4) is 0 Å². The molecule has 1 aromatic carbocycles. The predicted octanol–water partition coefficient (Wildman–Crippen LogP) is 0.837. The molecule has 1 amide bonds. The lowest BCUT2D eigenvalue weighted by atomic mass is 10.2. The molecular formula is C20H23N7O5. The van der Waals surface area contributed by atoms with Gasteiger partial charge in [-0.25, -0.2) is 9.97 Å². The maximum Gasteiger partial charge on any atom is 0.303 e. The zero-order valence-corrected chi connectivity index (χ0v) is 17.3. The number of primary amides is 1. The van der Waals surface area contributed by atoms with Crippen molar-refractivity contribution in [3.8, 4) is 0 Å². The van der Waals surface area contributed by atoms with Crippen LogP contribution in [0, 0.1) is 0 Å². The van der Waals surface area contributed by atoms with Crippen molar-refractivity contribution in [3.63, 3.8) is 0 Å². The molecule has 0 radical (unpaired) electrons. The van der Waals surface area contributed by atoms with Gasteiger partial charge in [0.15, 0.2) is 11.2 Å². The van der Waals surface area contributed by atoms with E-state index >= 15 is 0 Å². The zero-order valence-electron chi connectivity index (χ0n) is 17.3. The van der Waals surface area contributed by atoms with Gasteiger partial charge >= 0.3 is 5.97 Å². The van der Waals surface area contributed by atoms with Crippen LogP contribution in [0.25, 0.3) is 11.2 Å². The van der Waals surface area contributed by atoms with Crippen molar-refractivity contribution in [2.75, 3.05) is 11.1 Å². The maximum atomic E-state index is 11.8. The van der Waals surface area contributed by atoms with Crippen molar-refractivity contribution in [1.29, 1.82) is 0 Å². The molecule has 3 rings (SSSR count). The summed E-state index contributed by atoms with van der Waals surface area (Å²) in [4.78, 5) is 57.5. The zero-order chi connectivity index (χ0) is 23.7. The molecule has 32 heavy (non-hydrogen) atoms. The van der Waals surface area contributed by atoms with Gasteiger partial charge in [-0.05, 0) is 37.6 Å². The fraction of sp³-hybridized carbons (Fsp3) is 0.250. The number of hydrogen-bond donors (Lipinski definition) is 5. The number of carboxylic acid groups (broad SMARTS) is 1. The highest BCUT2D eigenvalue weighted by molar-refractivity contribution is 5.93. The van der Waals surface area contributed by atoms with Crippen LogP contribution in [0.1, 0.15) is 42.2 Å². The number of fused-ring (bicyclic) bond motifs is 1. The van der Waals surface area contributed by atoms with E-state index in [1.165, 1.54) is 13.1 Å². The van der Waals surface area contributed by atoms with Crippen molar-refractivity contribution >= 4 is 40.5 Å². The van der Waals surface area contributed by atoms with Crippen molar-refractivity contribution in [2.24, 2.45) is 5.73 Å². The molecule has 0 fully saturated rings. The van der Waals surface area contributed by atoms with Crippen LogP contribution in [0.4, 0.5) is 11.6 Å². The highest BCUT2D eigenvalue weighted by Gasteiger charge is 2.07. The van der Waals surface area contributed by atoms with Gasteiger partial charge in [-0.3, -0.25) is 19.4 Å². The van der Waals surface area contributed by atoms with Crippen LogP contribution in [0.15, 0.2) is 35.3 Å². The Morgan fingerprint density at radius 3 is 2.41 bits per heavy atom. The third-order valence-corrected chi connectivity index (χ3v) is 4.05. The Hall–Kier alpha value is -4.35. The van der Waals surface area contributed by atoms with E-state index in [2.05, 4.69) is 25.3 Å². The summed E-state index contributed by atoms with van der Waals surface area (Å²) in [5.74, 6) is -1.27. The van der Waals surface area contributed by atoms with Crippen LogP contribution in [-0.2, 0) is 16.1 Å². The maximum absolute atomic E-state index is 11.8. The number of nitrogens with two attached hydrogens (primary N) is 2. The standard InChI is InChI=1S/C14H13N7O2.C6H10O3/c15-11(22)7-1-3-8(4-2-7)17-5-9-6-18-12-10(19-9)13(23)21-14(16)20-12;1-5(7)3-2-4-6(8)9/h1-4,6,17H,5H2,(H2,15,22)(H3,16,18,20,21,23);2-4H2,1H3,(H,8,9). The minimum Gasteiger partial charge on any atom is -0.481 e. The Labute approximate surface area is 182 Å². The molecule has 12 heteroatoms. The lowest BCUT2D eigenvalue weighted by Gasteiger charge is -2.06. The molecule has 3 aromatic rings. The van der Waals surface area contributed by atoms with E-state index in [0.717, 1.165) is 5.69 Å². The number of anilines is 2. The topological polar surface area (TPSA) is 207 Å². The molecule has 0 unspecified atom stereocenters. The first kappa shape index (κ1) is 23.9. The summed E-state index contributed by atoms with van der Waals surface area (Å²) < 4.78 is 0. The molecule has 0 saturated heterocycles. The number of aromatic nitrogens is 4. The molecule has 2 heterocycles.